The van der Waals surface area contributed by atoms with Crippen molar-refractivity contribution in [3.63, 3.8) is 0 Å². The van der Waals surface area contributed by atoms with Crippen LogP contribution in [-0.4, -0.2) is 12.5 Å². The zero-order valence-corrected chi connectivity index (χ0v) is 12.3. The molecule has 0 aliphatic heterocycles. The first-order valence-electron chi connectivity index (χ1n) is 6.98. The summed E-state index contributed by atoms with van der Waals surface area (Å²) in [7, 11) is 0. The van der Waals surface area contributed by atoms with Gasteiger partial charge in [0, 0.05) is 5.02 Å². The highest BCUT2D eigenvalue weighted by molar-refractivity contribution is 6.30. The van der Waals surface area contributed by atoms with Crippen molar-refractivity contribution >= 4 is 17.5 Å². The normalized spacial score (nSPS) is 16.3. The first kappa shape index (κ1) is 14.0. The monoisotopic (exact) mass is 301 g/mol. The lowest BCUT2D eigenvalue weighted by atomic mass is 10.1. The van der Waals surface area contributed by atoms with Gasteiger partial charge in [0.15, 0.2) is 6.61 Å². The van der Waals surface area contributed by atoms with Crippen LogP contribution in [0.3, 0.4) is 0 Å². The van der Waals surface area contributed by atoms with Crippen LogP contribution >= 0.6 is 11.6 Å². The molecule has 108 valence electrons. The standard InChI is InChI=1S/C17H16ClNO2/c18-13-5-3-6-14(10-13)21-11-17(20)19-16-9-8-12-4-1-2-7-15(12)16/h1-7,10,16H,8-9,11H2,(H,19,20)/t16-/m0/s1. The SMILES string of the molecule is O=C(COc1cccc(Cl)c1)N[C@H]1CCc2ccccc21. The van der Waals surface area contributed by atoms with Gasteiger partial charge in [-0.2, -0.15) is 0 Å². The van der Waals surface area contributed by atoms with E-state index in [-0.39, 0.29) is 18.6 Å². The number of hydrogen-bond acceptors (Lipinski definition) is 2. The Labute approximate surface area is 128 Å². The maximum atomic E-state index is 12.0. The van der Waals surface area contributed by atoms with Crippen molar-refractivity contribution in [2.75, 3.05) is 6.61 Å². The van der Waals surface area contributed by atoms with E-state index in [0.717, 1.165) is 12.8 Å². The van der Waals surface area contributed by atoms with E-state index in [1.807, 2.05) is 12.1 Å². The Morgan fingerprint density at radius 2 is 2.10 bits per heavy atom. The number of nitrogens with one attached hydrogen (secondary N) is 1. The lowest BCUT2D eigenvalue weighted by Crippen LogP contribution is -2.31. The van der Waals surface area contributed by atoms with Gasteiger partial charge >= 0.3 is 0 Å². The van der Waals surface area contributed by atoms with Gasteiger partial charge in [-0.3, -0.25) is 4.79 Å². The predicted molar refractivity (Wildman–Crippen MR) is 82.6 cm³/mol. The van der Waals surface area contributed by atoms with Gasteiger partial charge in [-0.15, -0.1) is 0 Å². The molecule has 0 heterocycles. The molecule has 0 bridgehead atoms. The van der Waals surface area contributed by atoms with E-state index in [2.05, 4.69) is 17.4 Å². The van der Waals surface area contributed by atoms with Crippen LogP contribution in [0.2, 0.25) is 5.02 Å². The van der Waals surface area contributed by atoms with Gasteiger partial charge < -0.3 is 10.1 Å². The number of fused-ring (bicyclic) bond motifs is 1. The highest BCUT2D eigenvalue weighted by Gasteiger charge is 2.23. The Morgan fingerprint density at radius 1 is 1.24 bits per heavy atom. The third-order valence-electron chi connectivity index (χ3n) is 3.63. The number of aryl methyl sites for hydroxylation is 1. The maximum Gasteiger partial charge on any atom is 0.258 e. The molecule has 2 aromatic carbocycles. The van der Waals surface area contributed by atoms with Crippen molar-refractivity contribution in [2.45, 2.75) is 18.9 Å². The molecule has 4 heteroatoms. The summed E-state index contributed by atoms with van der Waals surface area (Å²) in [6.45, 7) is -0.000983. The topological polar surface area (TPSA) is 38.3 Å². The second-order valence-corrected chi connectivity index (χ2v) is 5.54. The van der Waals surface area contributed by atoms with Crippen molar-refractivity contribution < 1.29 is 9.53 Å². The molecule has 0 aromatic heterocycles. The molecular weight excluding hydrogens is 286 g/mol. The van der Waals surface area contributed by atoms with Crippen molar-refractivity contribution in [1.29, 1.82) is 0 Å². The van der Waals surface area contributed by atoms with Gasteiger partial charge in [0.05, 0.1) is 6.04 Å². The van der Waals surface area contributed by atoms with Crippen LogP contribution in [0.25, 0.3) is 0 Å². The molecular formula is C17H16ClNO2. The van der Waals surface area contributed by atoms with E-state index in [4.69, 9.17) is 16.3 Å². The van der Waals surface area contributed by atoms with Crippen molar-refractivity contribution in [2.24, 2.45) is 0 Å². The number of ether oxygens (including phenoxy) is 1. The minimum Gasteiger partial charge on any atom is -0.484 e. The third kappa shape index (κ3) is 3.37. The van der Waals surface area contributed by atoms with Crippen LogP contribution in [0.1, 0.15) is 23.6 Å². The second-order valence-electron chi connectivity index (χ2n) is 5.10. The summed E-state index contributed by atoms with van der Waals surface area (Å²) in [5.41, 5.74) is 2.53. The lowest BCUT2D eigenvalue weighted by Gasteiger charge is -2.14. The number of hydrogen-bond donors (Lipinski definition) is 1. The molecule has 2 aromatic rings. The third-order valence-corrected chi connectivity index (χ3v) is 3.87. The lowest BCUT2D eigenvalue weighted by molar-refractivity contribution is -0.123. The van der Waals surface area contributed by atoms with E-state index in [1.165, 1.54) is 11.1 Å². The van der Waals surface area contributed by atoms with Crippen LogP contribution in [0.15, 0.2) is 48.5 Å². The highest BCUT2D eigenvalue weighted by atomic mass is 35.5. The fourth-order valence-corrected chi connectivity index (χ4v) is 2.83. The average Bonchev–Trinajstić information content (AvgIpc) is 2.89. The smallest absolute Gasteiger partial charge is 0.258 e. The summed E-state index contributed by atoms with van der Waals surface area (Å²) < 4.78 is 5.45. The summed E-state index contributed by atoms with van der Waals surface area (Å²) in [6, 6.07) is 15.4. The van der Waals surface area contributed by atoms with Crippen LogP contribution in [0.5, 0.6) is 5.75 Å². The molecule has 1 aliphatic carbocycles. The van der Waals surface area contributed by atoms with Crippen molar-refractivity contribution in [3.8, 4) is 5.75 Å². The minimum atomic E-state index is -0.114. The zero-order valence-electron chi connectivity index (χ0n) is 11.5. The van der Waals surface area contributed by atoms with Crippen LogP contribution in [-0.2, 0) is 11.2 Å². The molecule has 1 amide bonds. The Balaban J connectivity index is 1.56. The van der Waals surface area contributed by atoms with Gasteiger partial charge in [-0.1, -0.05) is 41.9 Å². The Kier molecular flexibility index (Phi) is 4.11. The van der Waals surface area contributed by atoms with Crippen molar-refractivity contribution in [1.82, 2.24) is 5.32 Å². The summed E-state index contributed by atoms with van der Waals surface area (Å²) in [6.07, 6.45) is 1.96. The van der Waals surface area contributed by atoms with Gasteiger partial charge in [0.25, 0.3) is 5.91 Å². The first-order chi connectivity index (χ1) is 10.2. The Morgan fingerprint density at radius 3 is 2.95 bits per heavy atom. The number of halogens is 1. The van der Waals surface area contributed by atoms with E-state index in [0.29, 0.717) is 10.8 Å². The number of amides is 1. The number of rotatable bonds is 4. The first-order valence-corrected chi connectivity index (χ1v) is 7.36. The fraction of sp³-hybridized carbons (Fsp3) is 0.235. The zero-order chi connectivity index (χ0) is 14.7. The summed E-state index contributed by atoms with van der Waals surface area (Å²) in [5.74, 6) is 0.487. The number of benzene rings is 2. The molecule has 0 fully saturated rings. The summed E-state index contributed by atoms with van der Waals surface area (Å²) >= 11 is 5.87. The van der Waals surface area contributed by atoms with Crippen molar-refractivity contribution in [3.05, 3.63) is 64.7 Å². The van der Waals surface area contributed by atoms with E-state index >= 15 is 0 Å². The van der Waals surface area contributed by atoms with Crippen LogP contribution in [0.4, 0.5) is 0 Å². The number of carbonyl (C=O) groups is 1. The molecule has 0 saturated carbocycles. The largest absolute Gasteiger partial charge is 0.484 e. The summed E-state index contributed by atoms with van der Waals surface area (Å²) in [5, 5.41) is 3.62. The fourth-order valence-electron chi connectivity index (χ4n) is 2.65. The van der Waals surface area contributed by atoms with Crippen LogP contribution < -0.4 is 10.1 Å². The molecule has 1 N–H and O–H groups in total. The predicted octanol–water partition coefficient (Wildman–Crippen LogP) is 3.52. The Hall–Kier alpha value is -2.00. The molecule has 0 saturated heterocycles. The van der Waals surface area contributed by atoms with E-state index in [1.54, 1.807) is 24.3 Å². The second kappa shape index (κ2) is 6.19. The molecule has 0 spiro atoms. The maximum absolute atomic E-state index is 12.0. The van der Waals surface area contributed by atoms with E-state index in [9.17, 15) is 4.79 Å². The molecule has 1 aliphatic rings. The van der Waals surface area contributed by atoms with Gasteiger partial charge in [0.1, 0.15) is 5.75 Å². The minimum absolute atomic E-state index is 0.000983. The van der Waals surface area contributed by atoms with E-state index < -0.39 is 0 Å². The molecule has 0 unspecified atom stereocenters. The summed E-state index contributed by atoms with van der Waals surface area (Å²) in [4.78, 5) is 12.0. The molecule has 1 atom stereocenters. The molecule has 0 radical (unpaired) electrons. The van der Waals surface area contributed by atoms with Crippen LogP contribution in [0, 0.1) is 0 Å². The highest BCUT2D eigenvalue weighted by Crippen LogP contribution is 2.30. The quantitative estimate of drug-likeness (QED) is 0.938. The van der Waals surface area contributed by atoms with Gasteiger partial charge in [-0.05, 0) is 42.2 Å². The Bertz CT molecular complexity index is 657. The van der Waals surface area contributed by atoms with Gasteiger partial charge in [-0.25, -0.2) is 0 Å². The molecule has 3 nitrogen and oxygen atoms in total. The molecule has 21 heavy (non-hydrogen) atoms. The average molecular weight is 302 g/mol. The number of carbonyl (C=O) groups excluding carboxylic acids is 1. The van der Waals surface area contributed by atoms with Gasteiger partial charge in [0.2, 0.25) is 0 Å². The molecule has 3 rings (SSSR count).